The number of hydrogen-bond acceptors (Lipinski definition) is 5. The standard InChI is InChI=1S/C21H32F2N4O3/c1-18(2)13-25-21(30-14-18)6-8-27(9-7-21)17(29)26-15(10-19(3,22)23)16(28)11-20(12-24)4-5-20/h15,25H,4-11,13-14H2,1-3H3,(H,26,29)/t15-/m0/s1. The van der Waals surface area contributed by atoms with E-state index in [0.29, 0.717) is 45.4 Å². The molecular formula is C21H32F2N4O3. The summed E-state index contributed by atoms with van der Waals surface area (Å²) in [6.07, 6.45) is 1.51. The normalized spacial score (nSPS) is 25.3. The predicted octanol–water partition coefficient (Wildman–Crippen LogP) is 2.81. The number of nitrogens with one attached hydrogen (secondary N) is 2. The fourth-order valence-electron chi connectivity index (χ4n) is 4.01. The first-order valence-corrected chi connectivity index (χ1v) is 10.6. The number of halogens is 2. The smallest absolute Gasteiger partial charge is 0.317 e. The molecule has 2 heterocycles. The third-order valence-corrected chi connectivity index (χ3v) is 6.34. The molecule has 0 aromatic heterocycles. The summed E-state index contributed by atoms with van der Waals surface area (Å²) in [6.45, 7) is 7.24. The molecule has 1 atom stereocenters. The second kappa shape index (κ2) is 8.04. The minimum atomic E-state index is -3.10. The van der Waals surface area contributed by atoms with Crippen molar-refractivity contribution in [3.63, 3.8) is 0 Å². The Balaban J connectivity index is 1.57. The fourth-order valence-corrected chi connectivity index (χ4v) is 4.01. The van der Waals surface area contributed by atoms with Gasteiger partial charge in [0.05, 0.1) is 24.1 Å². The second-order valence-corrected chi connectivity index (χ2v) is 10.1. The van der Waals surface area contributed by atoms with Gasteiger partial charge in [-0.1, -0.05) is 13.8 Å². The van der Waals surface area contributed by atoms with Crippen molar-refractivity contribution in [2.24, 2.45) is 10.8 Å². The monoisotopic (exact) mass is 426 g/mol. The SMILES string of the molecule is CC(F)(F)C[C@H](NC(=O)N1CCC2(CC1)NCC(C)(C)CO2)C(=O)CC1(C#N)CC1. The van der Waals surface area contributed by atoms with E-state index in [-0.39, 0.29) is 11.8 Å². The molecule has 7 nitrogen and oxygen atoms in total. The number of nitriles is 1. The minimum absolute atomic E-state index is 0.0566. The van der Waals surface area contributed by atoms with Crippen molar-refractivity contribution in [2.45, 2.75) is 77.0 Å². The summed E-state index contributed by atoms with van der Waals surface area (Å²) in [5, 5.41) is 15.2. The largest absolute Gasteiger partial charge is 0.360 e. The lowest BCUT2D eigenvalue weighted by atomic mass is 9.89. The first kappa shape index (κ1) is 22.9. The maximum absolute atomic E-state index is 13.7. The van der Waals surface area contributed by atoms with Crippen molar-refractivity contribution >= 4 is 11.8 Å². The number of urea groups is 1. The molecule has 1 saturated carbocycles. The summed E-state index contributed by atoms with van der Waals surface area (Å²) in [5.41, 5.74) is -1.14. The maximum Gasteiger partial charge on any atom is 0.317 e. The molecule has 3 fully saturated rings. The number of ether oxygens (including phenoxy) is 1. The van der Waals surface area contributed by atoms with E-state index >= 15 is 0 Å². The number of alkyl halides is 2. The molecule has 0 bridgehead atoms. The number of carbonyl (C=O) groups is 2. The second-order valence-electron chi connectivity index (χ2n) is 10.1. The Kier molecular flexibility index (Phi) is 6.14. The van der Waals surface area contributed by atoms with Gasteiger partial charge in [0.1, 0.15) is 5.72 Å². The van der Waals surface area contributed by atoms with Crippen molar-refractivity contribution in [1.29, 1.82) is 5.26 Å². The summed E-state index contributed by atoms with van der Waals surface area (Å²) in [6, 6.07) is 0.279. The Morgan fingerprint density at radius 2 is 1.90 bits per heavy atom. The van der Waals surface area contributed by atoms with Crippen LogP contribution >= 0.6 is 0 Å². The van der Waals surface area contributed by atoms with E-state index in [4.69, 9.17) is 4.74 Å². The number of carbonyl (C=O) groups excluding carboxylic acids is 2. The van der Waals surface area contributed by atoms with Crippen LogP contribution in [-0.4, -0.2) is 60.6 Å². The summed E-state index contributed by atoms with van der Waals surface area (Å²) in [7, 11) is 0. The van der Waals surface area contributed by atoms with Crippen LogP contribution in [0.3, 0.4) is 0 Å². The third-order valence-electron chi connectivity index (χ3n) is 6.34. The first-order valence-electron chi connectivity index (χ1n) is 10.6. The van der Waals surface area contributed by atoms with Gasteiger partial charge in [-0.3, -0.25) is 10.1 Å². The van der Waals surface area contributed by atoms with Crippen LogP contribution in [0, 0.1) is 22.2 Å². The molecule has 1 spiro atoms. The van der Waals surface area contributed by atoms with Gasteiger partial charge in [-0.2, -0.15) is 5.26 Å². The molecule has 168 valence electrons. The highest BCUT2D eigenvalue weighted by molar-refractivity contribution is 5.89. The number of Topliss-reactive ketones (excluding diaryl/α,β-unsaturated/α-hetero) is 1. The van der Waals surface area contributed by atoms with Crippen LogP contribution in [0.2, 0.25) is 0 Å². The number of hydrogen-bond donors (Lipinski definition) is 2. The molecule has 9 heteroatoms. The molecule has 1 aliphatic carbocycles. The Hall–Kier alpha value is -1.79. The molecule has 0 aromatic carbocycles. The highest BCUT2D eigenvalue weighted by Crippen LogP contribution is 2.48. The average molecular weight is 427 g/mol. The Morgan fingerprint density at radius 3 is 2.37 bits per heavy atom. The molecule has 0 radical (unpaired) electrons. The molecule has 2 aliphatic heterocycles. The van der Waals surface area contributed by atoms with Gasteiger partial charge >= 0.3 is 6.03 Å². The molecule has 0 aromatic rings. The molecule has 2 amide bonds. The number of ketones is 1. The lowest BCUT2D eigenvalue weighted by Crippen LogP contribution is -2.63. The zero-order valence-electron chi connectivity index (χ0n) is 18.0. The van der Waals surface area contributed by atoms with E-state index < -0.39 is 41.3 Å². The zero-order valence-corrected chi connectivity index (χ0v) is 18.0. The van der Waals surface area contributed by atoms with Crippen molar-refractivity contribution in [1.82, 2.24) is 15.5 Å². The van der Waals surface area contributed by atoms with E-state index in [1.54, 1.807) is 4.90 Å². The molecule has 3 rings (SSSR count). The topological polar surface area (TPSA) is 94.5 Å². The Morgan fingerprint density at radius 1 is 1.27 bits per heavy atom. The first-order chi connectivity index (χ1) is 13.9. The van der Waals surface area contributed by atoms with E-state index in [9.17, 15) is 23.6 Å². The summed E-state index contributed by atoms with van der Waals surface area (Å²) < 4.78 is 33.4. The van der Waals surface area contributed by atoms with Crippen LogP contribution in [-0.2, 0) is 9.53 Å². The Labute approximate surface area is 176 Å². The van der Waals surface area contributed by atoms with Gasteiger partial charge < -0.3 is 15.0 Å². The number of nitrogens with zero attached hydrogens (tertiary/aromatic N) is 2. The molecule has 30 heavy (non-hydrogen) atoms. The highest BCUT2D eigenvalue weighted by atomic mass is 19.3. The predicted molar refractivity (Wildman–Crippen MR) is 106 cm³/mol. The lowest BCUT2D eigenvalue weighted by Gasteiger charge is -2.48. The van der Waals surface area contributed by atoms with Crippen LogP contribution in [0.15, 0.2) is 0 Å². The number of rotatable bonds is 6. The van der Waals surface area contributed by atoms with Crippen molar-refractivity contribution in [3.05, 3.63) is 0 Å². The summed E-state index contributed by atoms with van der Waals surface area (Å²) in [5.74, 6) is -3.60. The van der Waals surface area contributed by atoms with Gasteiger partial charge in [-0.05, 0) is 19.8 Å². The van der Waals surface area contributed by atoms with Crippen LogP contribution in [0.5, 0.6) is 0 Å². The van der Waals surface area contributed by atoms with Crippen LogP contribution < -0.4 is 10.6 Å². The van der Waals surface area contributed by atoms with E-state index in [0.717, 1.165) is 13.5 Å². The van der Waals surface area contributed by atoms with Gasteiger partial charge in [-0.25, -0.2) is 13.6 Å². The molecule has 2 N–H and O–H groups in total. The average Bonchev–Trinajstić information content (AvgIpc) is 3.43. The maximum atomic E-state index is 13.7. The molecular weight excluding hydrogens is 394 g/mol. The molecule has 2 saturated heterocycles. The van der Waals surface area contributed by atoms with Gasteiger partial charge in [0.15, 0.2) is 5.78 Å². The van der Waals surface area contributed by atoms with E-state index in [1.807, 2.05) is 0 Å². The van der Waals surface area contributed by atoms with Gasteiger partial charge in [0, 0.05) is 50.7 Å². The van der Waals surface area contributed by atoms with E-state index in [1.165, 1.54) is 0 Å². The Bertz CT molecular complexity index is 705. The molecule has 0 unspecified atom stereocenters. The quantitative estimate of drug-likeness (QED) is 0.681. The zero-order chi connectivity index (χ0) is 22.2. The van der Waals surface area contributed by atoms with Crippen molar-refractivity contribution < 1.29 is 23.1 Å². The third kappa shape index (κ3) is 5.67. The summed E-state index contributed by atoms with van der Waals surface area (Å²) in [4.78, 5) is 26.9. The van der Waals surface area contributed by atoms with Gasteiger partial charge in [0.2, 0.25) is 5.92 Å². The lowest BCUT2D eigenvalue weighted by molar-refractivity contribution is -0.157. The summed E-state index contributed by atoms with van der Waals surface area (Å²) >= 11 is 0. The van der Waals surface area contributed by atoms with Crippen LogP contribution in [0.1, 0.15) is 59.3 Å². The van der Waals surface area contributed by atoms with Crippen LogP contribution in [0.25, 0.3) is 0 Å². The highest BCUT2D eigenvalue weighted by Gasteiger charge is 2.47. The molecule has 3 aliphatic rings. The number of amides is 2. The van der Waals surface area contributed by atoms with Gasteiger partial charge in [0.25, 0.3) is 0 Å². The van der Waals surface area contributed by atoms with Gasteiger partial charge in [-0.15, -0.1) is 0 Å². The minimum Gasteiger partial charge on any atom is -0.360 e. The number of piperidine rings is 1. The van der Waals surface area contributed by atoms with Crippen molar-refractivity contribution in [2.75, 3.05) is 26.2 Å². The van der Waals surface area contributed by atoms with Crippen molar-refractivity contribution in [3.8, 4) is 6.07 Å². The van der Waals surface area contributed by atoms with E-state index in [2.05, 4.69) is 30.6 Å². The van der Waals surface area contributed by atoms with Crippen LogP contribution in [0.4, 0.5) is 13.6 Å². The number of likely N-dealkylation sites (tertiary alicyclic amines) is 1. The fraction of sp³-hybridized carbons (Fsp3) is 0.857.